The molecule has 0 aliphatic carbocycles. The number of hydrogen-bond donors (Lipinski definition) is 0. The minimum Gasteiger partial charge on any atom is -0.369 e. The Bertz CT molecular complexity index is 925. The van der Waals surface area contributed by atoms with E-state index in [1.54, 1.807) is 11.9 Å². The summed E-state index contributed by atoms with van der Waals surface area (Å²) >= 11 is 1.54. The van der Waals surface area contributed by atoms with E-state index in [1.165, 1.54) is 17.0 Å². The molecule has 6 heteroatoms. The smallest absolute Gasteiger partial charge is 0.259 e. The van der Waals surface area contributed by atoms with Gasteiger partial charge < -0.3 is 4.90 Å². The van der Waals surface area contributed by atoms with Crippen molar-refractivity contribution >= 4 is 38.3 Å². The molecule has 2 aromatic carbocycles. The fourth-order valence-electron chi connectivity index (χ4n) is 3.60. The summed E-state index contributed by atoms with van der Waals surface area (Å²) in [6.07, 6.45) is 0. The van der Waals surface area contributed by atoms with Crippen LogP contribution >= 0.6 is 11.3 Å². The summed E-state index contributed by atoms with van der Waals surface area (Å²) in [4.78, 5) is 24.0. The van der Waals surface area contributed by atoms with E-state index in [0.717, 1.165) is 41.5 Å². The molecule has 0 N–H and O–H groups in total. The fraction of sp³-hybridized carbons (Fsp3) is 0.364. The van der Waals surface area contributed by atoms with Gasteiger partial charge in [-0.25, -0.2) is 4.98 Å². The van der Waals surface area contributed by atoms with Crippen LogP contribution in [0, 0.1) is 0 Å². The van der Waals surface area contributed by atoms with Crippen molar-refractivity contribution in [1.29, 1.82) is 0 Å². The number of piperazine rings is 1. The van der Waals surface area contributed by atoms with Crippen molar-refractivity contribution in [2.75, 3.05) is 43.0 Å². The summed E-state index contributed by atoms with van der Waals surface area (Å²) in [5, 5.41) is 0.722. The lowest BCUT2D eigenvalue weighted by molar-refractivity contribution is 0.0993. The first kappa shape index (κ1) is 18.9. The summed E-state index contributed by atoms with van der Waals surface area (Å²) in [7, 11) is 1.79. The SMILES string of the molecule is CC(C)N1CCN(c2ccc(C(=O)N(C)c3nc4ccccc4s3)cc2)CC1. The highest BCUT2D eigenvalue weighted by molar-refractivity contribution is 7.22. The molecule has 1 amide bonds. The van der Waals surface area contributed by atoms with Gasteiger partial charge in [0.05, 0.1) is 10.2 Å². The molecule has 1 aliphatic rings. The van der Waals surface area contributed by atoms with Crippen LogP contribution in [0.1, 0.15) is 24.2 Å². The monoisotopic (exact) mass is 394 g/mol. The number of hydrogen-bond acceptors (Lipinski definition) is 5. The second-order valence-electron chi connectivity index (χ2n) is 7.49. The lowest BCUT2D eigenvalue weighted by atomic mass is 10.1. The molecular weight excluding hydrogens is 368 g/mol. The number of para-hydroxylation sites is 1. The zero-order valence-corrected chi connectivity index (χ0v) is 17.4. The Balaban J connectivity index is 1.45. The van der Waals surface area contributed by atoms with Crippen LogP contribution in [-0.2, 0) is 0 Å². The standard InChI is InChI=1S/C22H26N4OS/c1-16(2)25-12-14-26(15-13-25)18-10-8-17(9-11-18)21(27)24(3)22-23-19-6-4-5-7-20(19)28-22/h4-11,16H,12-15H2,1-3H3. The molecule has 146 valence electrons. The molecule has 4 rings (SSSR count). The number of fused-ring (bicyclic) bond motifs is 1. The number of anilines is 2. The average Bonchev–Trinajstić information content (AvgIpc) is 3.17. The summed E-state index contributed by atoms with van der Waals surface area (Å²) in [6.45, 7) is 8.71. The van der Waals surface area contributed by atoms with E-state index in [4.69, 9.17) is 0 Å². The molecule has 1 aromatic heterocycles. The van der Waals surface area contributed by atoms with E-state index >= 15 is 0 Å². The molecule has 1 fully saturated rings. The number of amides is 1. The second kappa shape index (κ2) is 7.89. The van der Waals surface area contributed by atoms with Gasteiger partial charge in [0.1, 0.15) is 0 Å². The first-order chi connectivity index (χ1) is 13.5. The van der Waals surface area contributed by atoms with Crippen molar-refractivity contribution in [3.63, 3.8) is 0 Å². The number of carbonyl (C=O) groups is 1. The molecule has 0 saturated carbocycles. The van der Waals surface area contributed by atoms with E-state index in [9.17, 15) is 4.79 Å². The fourth-order valence-corrected chi connectivity index (χ4v) is 4.52. The summed E-state index contributed by atoms with van der Waals surface area (Å²) in [5.41, 5.74) is 2.80. The quantitative estimate of drug-likeness (QED) is 0.668. The molecule has 2 heterocycles. The van der Waals surface area contributed by atoms with Crippen LogP contribution in [0.25, 0.3) is 10.2 Å². The van der Waals surface area contributed by atoms with E-state index in [2.05, 4.69) is 40.8 Å². The van der Waals surface area contributed by atoms with E-state index in [1.807, 2.05) is 36.4 Å². The zero-order chi connectivity index (χ0) is 19.7. The Morgan fingerprint density at radius 3 is 2.36 bits per heavy atom. The second-order valence-corrected chi connectivity index (χ2v) is 8.50. The molecule has 5 nitrogen and oxygen atoms in total. The van der Waals surface area contributed by atoms with Gasteiger partial charge in [-0.2, -0.15) is 0 Å². The molecule has 3 aromatic rings. The lowest BCUT2D eigenvalue weighted by Crippen LogP contribution is -2.48. The van der Waals surface area contributed by atoms with Crippen LogP contribution in [0.5, 0.6) is 0 Å². The van der Waals surface area contributed by atoms with Gasteiger partial charge in [-0.15, -0.1) is 0 Å². The minimum absolute atomic E-state index is 0.0322. The molecule has 0 radical (unpaired) electrons. The van der Waals surface area contributed by atoms with Gasteiger partial charge in [0.15, 0.2) is 5.13 Å². The molecular formula is C22H26N4OS. The highest BCUT2D eigenvalue weighted by Crippen LogP contribution is 2.29. The summed E-state index contributed by atoms with van der Waals surface area (Å²) in [6, 6.07) is 16.5. The maximum atomic E-state index is 12.9. The largest absolute Gasteiger partial charge is 0.369 e. The van der Waals surface area contributed by atoms with Crippen LogP contribution in [0.3, 0.4) is 0 Å². The van der Waals surface area contributed by atoms with Crippen molar-refractivity contribution < 1.29 is 4.79 Å². The maximum Gasteiger partial charge on any atom is 0.259 e. The van der Waals surface area contributed by atoms with E-state index in [-0.39, 0.29) is 5.91 Å². The van der Waals surface area contributed by atoms with Gasteiger partial charge in [-0.1, -0.05) is 23.5 Å². The topological polar surface area (TPSA) is 39.7 Å². The van der Waals surface area contributed by atoms with Gasteiger partial charge in [-0.05, 0) is 50.2 Å². The van der Waals surface area contributed by atoms with Crippen molar-refractivity contribution in [2.45, 2.75) is 19.9 Å². The molecule has 0 unspecified atom stereocenters. The zero-order valence-electron chi connectivity index (χ0n) is 16.6. The molecule has 0 atom stereocenters. The van der Waals surface area contributed by atoms with Crippen LogP contribution in [0.15, 0.2) is 48.5 Å². The third-order valence-electron chi connectivity index (χ3n) is 5.40. The number of aromatic nitrogens is 1. The maximum absolute atomic E-state index is 12.9. The third kappa shape index (κ3) is 3.75. The molecule has 0 bridgehead atoms. The minimum atomic E-state index is -0.0322. The Morgan fingerprint density at radius 1 is 1.04 bits per heavy atom. The summed E-state index contributed by atoms with van der Waals surface area (Å²) in [5.74, 6) is -0.0322. The van der Waals surface area contributed by atoms with E-state index < -0.39 is 0 Å². The van der Waals surface area contributed by atoms with Crippen molar-refractivity contribution in [2.24, 2.45) is 0 Å². The average molecular weight is 395 g/mol. The number of benzene rings is 2. The van der Waals surface area contributed by atoms with Crippen LogP contribution < -0.4 is 9.80 Å². The highest BCUT2D eigenvalue weighted by Gasteiger charge is 2.20. The Hall–Kier alpha value is -2.44. The van der Waals surface area contributed by atoms with Gasteiger partial charge in [-0.3, -0.25) is 14.6 Å². The predicted octanol–water partition coefficient (Wildman–Crippen LogP) is 4.10. The van der Waals surface area contributed by atoms with Gasteiger partial charge in [0, 0.05) is 50.5 Å². The first-order valence-electron chi connectivity index (χ1n) is 9.75. The first-order valence-corrected chi connectivity index (χ1v) is 10.6. The summed E-state index contributed by atoms with van der Waals surface area (Å²) < 4.78 is 1.09. The molecule has 0 spiro atoms. The normalized spacial score (nSPS) is 15.4. The van der Waals surface area contributed by atoms with Crippen LogP contribution in [-0.4, -0.2) is 55.1 Å². The third-order valence-corrected chi connectivity index (χ3v) is 6.51. The van der Waals surface area contributed by atoms with E-state index in [0.29, 0.717) is 11.6 Å². The molecule has 28 heavy (non-hydrogen) atoms. The Morgan fingerprint density at radius 2 is 1.71 bits per heavy atom. The van der Waals surface area contributed by atoms with Gasteiger partial charge >= 0.3 is 0 Å². The Labute approximate surface area is 170 Å². The molecule has 1 saturated heterocycles. The number of carbonyl (C=O) groups excluding carboxylic acids is 1. The van der Waals surface area contributed by atoms with Crippen LogP contribution in [0.2, 0.25) is 0 Å². The molecule has 1 aliphatic heterocycles. The lowest BCUT2D eigenvalue weighted by Gasteiger charge is -2.38. The number of thiazole rings is 1. The van der Waals surface area contributed by atoms with Gasteiger partial charge in [0.25, 0.3) is 5.91 Å². The Kier molecular flexibility index (Phi) is 5.33. The van der Waals surface area contributed by atoms with Crippen LogP contribution in [0.4, 0.5) is 10.8 Å². The number of rotatable bonds is 4. The van der Waals surface area contributed by atoms with Crippen molar-refractivity contribution in [3.05, 3.63) is 54.1 Å². The number of nitrogens with zero attached hydrogens (tertiary/aromatic N) is 4. The highest BCUT2D eigenvalue weighted by atomic mass is 32.1. The predicted molar refractivity (Wildman–Crippen MR) is 118 cm³/mol. The van der Waals surface area contributed by atoms with Crippen molar-refractivity contribution in [3.8, 4) is 0 Å². The van der Waals surface area contributed by atoms with Crippen molar-refractivity contribution in [1.82, 2.24) is 9.88 Å². The van der Waals surface area contributed by atoms with Gasteiger partial charge in [0.2, 0.25) is 0 Å².